The summed E-state index contributed by atoms with van der Waals surface area (Å²) in [6, 6.07) is 19.3. The summed E-state index contributed by atoms with van der Waals surface area (Å²) in [7, 11) is -2.17. The van der Waals surface area contributed by atoms with Crippen LogP contribution in [0.25, 0.3) is 22.7 Å². The van der Waals surface area contributed by atoms with E-state index in [-0.39, 0.29) is 4.90 Å². The van der Waals surface area contributed by atoms with Gasteiger partial charge in [-0.15, -0.1) is 0 Å². The molecule has 3 aromatic carbocycles. The van der Waals surface area contributed by atoms with Gasteiger partial charge in [-0.3, -0.25) is 4.72 Å². The summed E-state index contributed by atoms with van der Waals surface area (Å²) in [5.74, 6) is 1.06. The van der Waals surface area contributed by atoms with Crippen molar-refractivity contribution < 1.29 is 17.6 Å². The molecular formula is C24H22N2O4S. The van der Waals surface area contributed by atoms with E-state index in [4.69, 9.17) is 9.15 Å². The average Bonchev–Trinajstić information content (AvgIpc) is 3.24. The molecule has 4 aromatic rings. The highest BCUT2D eigenvalue weighted by Gasteiger charge is 2.15. The molecule has 0 saturated heterocycles. The molecular weight excluding hydrogens is 412 g/mol. The van der Waals surface area contributed by atoms with Gasteiger partial charge in [0.2, 0.25) is 5.89 Å². The highest BCUT2D eigenvalue weighted by molar-refractivity contribution is 7.92. The first-order chi connectivity index (χ1) is 14.9. The van der Waals surface area contributed by atoms with Gasteiger partial charge in [0.15, 0.2) is 0 Å². The van der Waals surface area contributed by atoms with Gasteiger partial charge < -0.3 is 9.15 Å². The van der Waals surface area contributed by atoms with Crippen LogP contribution in [0.5, 0.6) is 5.75 Å². The van der Waals surface area contributed by atoms with E-state index >= 15 is 0 Å². The van der Waals surface area contributed by atoms with E-state index in [1.165, 1.54) is 24.8 Å². The van der Waals surface area contributed by atoms with Crippen LogP contribution >= 0.6 is 0 Å². The van der Waals surface area contributed by atoms with Crippen molar-refractivity contribution >= 4 is 15.7 Å². The van der Waals surface area contributed by atoms with Gasteiger partial charge in [0.25, 0.3) is 10.0 Å². The zero-order chi connectivity index (χ0) is 22.0. The Hall–Kier alpha value is -3.58. The number of nitrogens with zero attached hydrogens (tertiary/aromatic N) is 1. The molecule has 7 heteroatoms. The van der Waals surface area contributed by atoms with Crippen LogP contribution in [0.3, 0.4) is 0 Å². The van der Waals surface area contributed by atoms with E-state index in [2.05, 4.69) is 22.7 Å². The third-order valence-electron chi connectivity index (χ3n) is 4.92. The summed E-state index contributed by atoms with van der Waals surface area (Å²) >= 11 is 0. The number of oxazole rings is 1. The summed E-state index contributed by atoms with van der Waals surface area (Å²) in [6.45, 7) is 4.09. The molecule has 1 aromatic heterocycles. The Morgan fingerprint density at radius 2 is 1.65 bits per heavy atom. The van der Waals surface area contributed by atoms with Crippen molar-refractivity contribution in [2.45, 2.75) is 18.7 Å². The number of methoxy groups -OCH3 is 1. The number of aromatic nitrogens is 1. The summed E-state index contributed by atoms with van der Waals surface area (Å²) in [6.07, 6.45) is 1.63. The maximum atomic E-state index is 12.6. The van der Waals surface area contributed by atoms with Crippen molar-refractivity contribution in [1.29, 1.82) is 0 Å². The van der Waals surface area contributed by atoms with Crippen LogP contribution < -0.4 is 9.46 Å². The standard InChI is InChI=1S/C24H22N2O4S/c1-16-4-13-22(17(2)14-16)23-15-30-24(25-23)18-5-7-19(8-6-18)26-31(27,28)21-11-9-20(29-3)10-12-21/h4-15,26H,1-3H3. The van der Waals surface area contributed by atoms with Gasteiger partial charge >= 0.3 is 0 Å². The smallest absolute Gasteiger partial charge is 0.261 e. The third-order valence-corrected chi connectivity index (χ3v) is 6.31. The molecule has 0 radical (unpaired) electrons. The zero-order valence-electron chi connectivity index (χ0n) is 17.4. The van der Waals surface area contributed by atoms with E-state index in [0.717, 1.165) is 22.4 Å². The van der Waals surface area contributed by atoms with Crippen LogP contribution in [0.4, 0.5) is 5.69 Å². The van der Waals surface area contributed by atoms with E-state index in [0.29, 0.717) is 17.3 Å². The molecule has 0 saturated carbocycles. The molecule has 0 spiro atoms. The van der Waals surface area contributed by atoms with Crippen molar-refractivity contribution in [3.05, 3.63) is 84.1 Å². The first kappa shape index (κ1) is 20.7. The predicted molar refractivity (Wildman–Crippen MR) is 121 cm³/mol. The fourth-order valence-corrected chi connectivity index (χ4v) is 4.34. The molecule has 158 valence electrons. The largest absolute Gasteiger partial charge is 0.497 e. The molecule has 0 bridgehead atoms. The fraction of sp³-hybridized carbons (Fsp3) is 0.125. The van der Waals surface area contributed by atoms with E-state index in [1.807, 2.05) is 19.1 Å². The fourth-order valence-electron chi connectivity index (χ4n) is 3.28. The van der Waals surface area contributed by atoms with Crippen LogP contribution in [0.15, 0.2) is 82.3 Å². The molecule has 31 heavy (non-hydrogen) atoms. The molecule has 0 aliphatic rings. The number of rotatable bonds is 6. The summed E-state index contributed by atoms with van der Waals surface area (Å²) < 4.78 is 38.5. The average molecular weight is 435 g/mol. The molecule has 6 nitrogen and oxygen atoms in total. The van der Waals surface area contributed by atoms with Gasteiger partial charge in [0.1, 0.15) is 17.7 Å². The molecule has 1 N–H and O–H groups in total. The summed E-state index contributed by atoms with van der Waals surface area (Å²) in [5, 5.41) is 0. The predicted octanol–water partition coefficient (Wildman–Crippen LogP) is 5.43. The number of sulfonamides is 1. The lowest BCUT2D eigenvalue weighted by Gasteiger charge is -2.09. The summed E-state index contributed by atoms with van der Waals surface area (Å²) in [4.78, 5) is 4.75. The van der Waals surface area contributed by atoms with Crippen molar-refractivity contribution in [3.8, 4) is 28.5 Å². The Labute approximate surface area is 181 Å². The second kappa shape index (κ2) is 8.28. The lowest BCUT2D eigenvalue weighted by atomic mass is 10.0. The molecule has 0 aliphatic heterocycles. The second-order valence-corrected chi connectivity index (χ2v) is 8.90. The van der Waals surface area contributed by atoms with Gasteiger partial charge in [0.05, 0.1) is 12.0 Å². The third kappa shape index (κ3) is 4.46. The number of ether oxygens (including phenoxy) is 1. The van der Waals surface area contributed by atoms with Gasteiger partial charge in [-0.05, 0) is 67.9 Å². The number of hydrogen-bond acceptors (Lipinski definition) is 5. The highest BCUT2D eigenvalue weighted by atomic mass is 32.2. The number of anilines is 1. The SMILES string of the molecule is COc1ccc(S(=O)(=O)Nc2ccc(-c3nc(-c4ccc(C)cc4C)co3)cc2)cc1. The van der Waals surface area contributed by atoms with Gasteiger partial charge in [-0.2, -0.15) is 0 Å². The molecule has 4 rings (SSSR count). The first-order valence-corrected chi connectivity index (χ1v) is 11.1. The maximum Gasteiger partial charge on any atom is 0.261 e. The van der Waals surface area contributed by atoms with Crippen molar-refractivity contribution in [2.24, 2.45) is 0 Å². The topological polar surface area (TPSA) is 81.4 Å². The van der Waals surface area contributed by atoms with Crippen LogP contribution in [-0.2, 0) is 10.0 Å². The molecule has 0 aliphatic carbocycles. The van der Waals surface area contributed by atoms with Crippen molar-refractivity contribution in [3.63, 3.8) is 0 Å². The molecule has 0 amide bonds. The van der Waals surface area contributed by atoms with Gasteiger partial charge in [0, 0.05) is 16.8 Å². The monoisotopic (exact) mass is 434 g/mol. The van der Waals surface area contributed by atoms with Crippen LogP contribution in [0.2, 0.25) is 0 Å². The normalized spacial score (nSPS) is 11.3. The molecule has 0 atom stereocenters. The minimum absolute atomic E-state index is 0.156. The van der Waals surface area contributed by atoms with E-state index in [9.17, 15) is 8.42 Å². The Kier molecular flexibility index (Phi) is 5.52. The van der Waals surface area contributed by atoms with Crippen molar-refractivity contribution in [2.75, 3.05) is 11.8 Å². The number of hydrogen-bond donors (Lipinski definition) is 1. The van der Waals surface area contributed by atoms with Crippen LogP contribution in [-0.4, -0.2) is 20.5 Å². The van der Waals surface area contributed by atoms with Crippen LogP contribution in [0.1, 0.15) is 11.1 Å². The number of aryl methyl sites for hydroxylation is 2. The lowest BCUT2D eigenvalue weighted by molar-refractivity contribution is 0.414. The maximum absolute atomic E-state index is 12.6. The Morgan fingerprint density at radius 3 is 2.29 bits per heavy atom. The number of nitrogens with one attached hydrogen (secondary N) is 1. The zero-order valence-corrected chi connectivity index (χ0v) is 18.2. The van der Waals surface area contributed by atoms with E-state index < -0.39 is 10.0 Å². The highest BCUT2D eigenvalue weighted by Crippen LogP contribution is 2.28. The second-order valence-electron chi connectivity index (χ2n) is 7.21. The Balaban J connectivity index is 1.52. The van der Waals surface area contributed by atoms with E-state index in [1.54, 1.807) is 42.7 Å². The minimum Gasteiger partial charge on any atom is -0.497 e. The van der Waals surface area contributed by atoms with Gasteiger partial charge in [-0.25, -0.2) is 13.4 Å². The Morgan fingerprint density at radius 1 is 0.935 bits per heavy atom. The molecule has 0 fully saturated rings. The minimum atomic E-state index is -3.70. The number of benzene rings is 3. The van der Waals surface area contributed by atoms with Gasteiger partial charge in [-0.1, -0.05) is 23.8 Å². The molecule has 0 unspecified atom stereocenters. The van der Waals surface area contributed by atoms with Crippen LogP contribution in [0, 0.1) is 13.8 Å². The quantitative estimate of drug-likeness (QED) is 0.437. The molecule has 1 heterocycles. The van der Waals surface area contributed by atoms with Crippen molar-refractivity contribution in [1.82, 2.24) is 4.98 Å². The Bertz CT molecular complexity index is 1310. The first-order valence-electron chi connectivity index (χ1n) is 9.66. The lowest BCUT2D eigenvalue weighted by Crippen LogP contribution is -2.12. The summed E-state index contributed by atoms with van der Waals surface area (Å²) in [5.41, 5.74) is 5.30.